The molecule has 3 rings (SSSR count). The standard InChI is InChI=1S/C18H16O2Se/c1-11-9-13(19)3-5-15(11)17-7-8-18(21-17)16-6-4-14(20)10-12(16)2/h3-10,19-20H,1-2H3. The van der Waals surface area contributed by atoms with E-state index in [9.17, 15) is 10.2 Å². The molecule has 0 unspecified atom stereocenters. The minimum atomic E-state index is 0.240. The molecular weight excluding hydrogens is 327 g/mol. The Hall–Kier alpha value is -1.96. The fourth-order valence-electron chi connectivity index (χ4n) is 2.48. The molecule has 0 spiro atoms. The average Bonchev–Trinajstić information content (AvgIpc) is 2.87. The van der Waals surface area contributed by atoms with E-state index in [1.807, 2.05) is 26.0 Å². The van der Waals surface area contributed by atoms with Crippen molar-refractivity contribution < 1.29 is 10.2 Å². The number of phenols is 2. The van der Waals surface area contributed by atoms with E-state index in [2.05, 4.69) is 12.1 Å². The van der Waals surface area contributed by atoms with Crippen LogP contribution >= 0.6 is 0 Å². The van der Waals surface area contributed by atoms with E-state index in [1.165, 1.54) is 20.0 Å². The van der Waals surface area contributed by atoms with Crippen molar-refractivity contribution in [3.8, 4) is 31.5 Å². The molecule has 0 radical (unpaired) electrons. The maximum absolute atomic E-state index is 9.52. The van der Waals surface area contributed by atoms with Crippen molar-refractivity contribution in [3.05, 3.63) is 59.7 Å². The molecule has 0 atom stereocenters. The number of phenolic OH excluding ortho intramolecular Hbond substituents is 2. The third-order valence-corrected chi connectivity index (χ3v) is 5.97. The Kier molecular flexibility index (Phi) is 3.62. The molecule has 0 aliphatic heterocycles. The molecule has 3 aromatic rings. The number of aromatic hydroxyl groups is 2. The number of rotatable bonds is 2. The Bertz CT molecular complexity index is 737. The van der Waals surface area contributed by atoms with Crippen molar-refractivity contribution in [3.63, 3.8) is 0 Å². The van der Waals surface area contributed by atoms with Crippen molar-refractivity contribution >= 4 is 14.5 Å². The molecule has 21 heavy (non-hydrogen) atoms. The van der Waals surface area contributed by atoms with E-state index >= 15 is 0 Å². The summed E-state index contributed by atoms with van der Waals surface area (Å²) < 4.78 is 2.64. The van der Waals surface area contributed by atoms with Gasteiger partial charge < -0.3 is 0 Å². The summed E-state index contributed by atoms with van der Waals surface area (Å²) in [5, 5.41) is 19.0. The van der Waals surface area contributed by atoms with Crippen LogP contribution in [0.25, 0.3) is 20.0 Å². The molecule has 106 valence electrons. The predicted octanol–water partition coefficient (Wildman–Crippen LogP) is 4.11. The normalized spacial score (nSPS) is 10.8. The molecule has 2 aromatic carbocycles. The van der Waals surface area contributed by atoms with Gasteiger partial charge in [-0.2, -0.15) is 0 Å². The zero-order chi connectivity index (χ0) is 15.0. The third kappa shape index (κ3) is 2.76. The van der Waals surface area contributed by atoms with Gasteiger partial charge in [-0.1, -0.05) is 0 Å². The summed E-state index contributed by atoms with van der Waals surface area (Å²) in [7, 11) is 0. The molecule has 0 amide bonds. The Morgan fingerprint density at radius 1 is 0.667 bits per heavy atom. The summed E-state index contributed by atoms with van der Waals surface area (Å²) in [4.78, 5) is 0. The summed E-state index contributed by atoms with van der Waals surface area (Å²) in [5.41, 5.74) is 4.60. The Labute approximate surface area is 130 Å². The van der Waals surface area contributed by atoms with Gasteiger partial charge in [0.1, 0.15) is 0 Å². The Morgan fingerprint density at radius 2 is 1.10 bits per heavy atom. The van der Waals surface area contributed by atoms with Crippen LogP contribution < -0.4 is 0 Å². The predicted molar refractivity (Wildman–Crippen MR) is 87.1 cm³/mol. The molecule has 0 bridgehead atoms. The topological polar surface area (TPSA) is 40.5 Å². The fraction of sp³-hybridized carbons (Fsp3) is 0.111. The molecule has 0 saturated heterocycles. The van der Waals surface area contributed by atoms with E-state index in [-0.39, 0.29) is 14.5 Å². The summed E-state index contributed by atoms with van der Waals surface area (Å²) in [6.07, 6.45) is 0. The second-order valence-corrected chi connectivity index (χ2v) is 7.44. The van der Waals surface area contributed by atoms with Crippen LogP contribution in [-0.2, 0) is 0 Å². The summed E-state index contributed by atoms with van der Waals surface area (Å²) in [6, 6.07) is 15.4. The second-order valence-electron chi connectivity index (χ2n) is 5.16. The van der Waals surface area contributed by atoms with E-state index in [1.54, 1.807) is 24.3 Å². The Balaban J connectivity index is 2.03. The van der Waals surface area contributed by atoms with Gasteiger partial charge in [0.2, 0.25) is 0 Å². The van der Waals surface area contributed by atoms with Crippen LogP contribution in [-0.4, -0.2) is 24.7 Å². The van der Waals surface area contributed by atoms with Crippen molar-refractivity contribution in [1.29, 1.82) is 0 Å². The quantitative estimate of drug-likeness (QED) is 0.688. The summed E-state index contributed by atoms with van der Waals surface area (Å²) in [5.74, 6) is 0.620. The van der Waals surface area contributed by atoms with E-state index in [0.717, 1.165) is 11.1 Å². The van der Waals surface area contributed by atoms with Crippen LogP contribution in [0.15, 0.2) is 48.5 Å². The van der Waals surface area contributed by atoms with Gasteiger partial charge in [0, 0.05) is 0 Å². The first-order chi connectivity index (χ1) is 10.0. The van der Waals surface area contributed by atoms with E-state index in [4.69, 9.17) is 0 Å². The average molecular weight is 343 g/mol. The molecule has 0 saturated carbocycles. The fourth-order valence-corrected chi connectivity index (χ4v) is 4.97. The van der Waals surface area contributed by atoms with Gasteiger partial charge in [0.05, 0.1) is 0 Å². The molecule has 2 nitrogen and oxygen atoms in total. The number of hydrogen-bond donors (Lipinski definition) is 2. The molecule has 1 heterocycles. The van der Waals surface area contributed by atoms with Gasteiger partial charge >= 0.3 is 130 Å². The van der Waals surface area contributed by atoms with Gasteiger partial charge in [-0.25, -0.2) is 0 Å². The summed E-state index contributed by atoms with van der Waals surface area (Å²) in [6.45, 7) is 4.05. The Morgan fingerprint density at radius 3 is 1.48 bits per heavy atom. The zero-order valence-corrected chi connectivity index (χ0v) is 13.6. The van der Waals surface area contributed by atoms with Crippen LogP contribution in [0.5, 0.6) is 11.5 Å². The number of benzene rings is 2. The SMILES string of the molecule is Cc1cc(O)ccc1-c1ccc(-c2ccc(O)cc2C)[se]1. The van der Waals surface area contributed by atoms with Crippen LogP contribution in [0.3, 0.4) is 0 Å². The van der Waals surface area contributed by atoms with Crippen molar-refractivity contribution in [2.45, 2.75) is 13.8 Å². The van der Waals surface area contributed by atoms with Gasteiger partial charge in [0.25, 0.3) is 0 Å². The van der Waals surface area contributed by atoms with Gasteiger partial charge in [0.15, 0.2) is 0 Å². The molecule has 2 N–H and O–H groups in total. The molecule has 0 aliphatic rings. The third-order valence-electron chi connectivity index (χ3n) is 3.56. The monoisotopic (exact) mass is 344 g/mol. The first-order valence-corrected chi connectivity index (χ1v) is 8.46. The molecule has 0 fully saturated rings. The van der Waals surface area contributed by atoms with E-state index in [0.29, 0.717) is 11.5 Å². The minimum absolute atomic E-state index is 0.240. The van der Waals surface area contributed by atoms with E-state index < -0.39 is 0 Å². The molecule has 3 heteroatoms. The van der Waals surface area contributed by atoms with Crippen molar-refractivity contribution in [1.82, 2.24) is 0 Å². The van der Waals surface area contributed by atoms with Gasteiger partial charge in [-0.05, 0) is 0 Å². The molecule has 1 aromatic heterocycles. The first kappa shape index (κ1) is 14.0. The van der Waals surface area contributed by atoms with Crippen LogP contribution in [0.4, 0.5) is 0 Å². The van der Waals surface area contributed by atoms with Crippen molar-refractivity contribution in [2.24, 2.45) is 0 Å². The maximum atomic E-state index is 9.52. The van der Waals surface area contributed by atoms with Crippen LogP contribution in [0.1, 0.15) is 11.1 Å². The van der Waals surface area contributed by atoms with Gasteiger partial charge in [-0.15, -0.1) is 0 Å². The number of aryl methyl sites for hydroxylation is 2. The molecule has 0 aliphatic carbocycles. The van der Waals surface area contributed by atoms with Crippen LogP contribution in [0.2, 0.25) is 0 Å². The second kappa shape index (κ2) is 5.44. The van der Waals surface area contributed by atoms with Crippen LogP contribution in [0, 0.1) is 13.8 Å². The zero-order valence-electron chi connectivity index (χ0n) is 11.9. The summed E-state index contributed by atoms with van der Waals surface area (Å²) >= 11 is 0.240. The number of hydrogen-bond acceptors (Lipinski definition) is 2. The van der Waals surface area contributed by atoms with Gasteiger partial charge in [-0.3, -0.25) is 0 Å². The molecular formula is C18H16O2Se. The first-order valence-electron chi connectivity index (χ1n) is 6.74. The van der Waals surface area contributed by atoms with Crippen molar-refractivity contribution in [2.75, 3.05) is 0 Å².